The molecule has 0 unspecified atom stereocenters. The Morgan fingerprint density at radius 2 is 0.857 bits per heavy atom. The lowest BCUT2D eigenvalue weighted by Gasteiger charge is -2.13. The lowest BCUT2D eigenvalue weighted by molar-refractivity contribution is 0.354. The van der Waals surface area contributed by atoms with E-state index in [9.17, 15) is 0 Å². The van der Waals surface area contributed by atoms with Crippen molar-refractivity contribution in [3.05, 3.63) is 71.3 Å². The van der Waals surface area contributed by atoms with Crippen LogP contribution in [0.3, 0.4) is 0 Å². The van der Waals surface area contributed by atoms with E-state index in [0.717, 1.165) is 16.7 Å². The first kappa shape index (κ1) is 25.4. The predicted molar refractivity (Wildman–Crippen MR) is 137 cm³/mol. The molecule has 0 radical (unpaired) electrons. The zero-order valence-corrected chi connectivity index (χ0v) is 20.8. The van der Waals surface area contributed by atoms with Crippen LogP contribution in [0.15, 0.2) is 64.6 Å². The van der Waals surface area contributed by atoms with Gasteiger partial charge in [-0.3, -0.25) is 9.98 Å². The summed E-state index contributed by atoms with van der Waals surface area (Å²) in [4.78, 5) is 9.49. The average molecular weight is 479 g/mol. The second-order valence-corrected chi connectivity index (χ2v) is 7.27. The van der Waals surface area contributed by atoms with E-state index in [1.165, 1.54) is 0 Å². The van der Waals surface area contributed by atoms with E-state index in [1.54, 1.807) is 55.1 Å². The largest absolute Gasteiger partial charge is 0.493 e. The smallest absolute Gasteiger partial charge is 0.165 e. The molecule has 8 heteroatoms. The van der Waals surface area contributed by atoms with Crippen LogP contribution in [0, 0.1) is 0 Å². The van der Waals surface area contributed by atoms with Gasteiger partial charge in [-0.05, 0) is 59.7 Å². The van der Waals surface area contributed by atoms with Crippen LogP contribution >= 0.6 is 0 Å². The van der Waals surface area contributed by atoms with Crippen LogP contribution in [-0.2, 0) is 0 Å². The van der Waals surface area contributed by atoms with Crippen molar-refractivity contribution in [1.29, 1.82) is 0 Å². The van der Waals surface area contributed by atoms with E-state index in [0.29, 0.717) is 34.5 Å². The first-order chi connectivity index (χ1) is 17.1. The number of ether oxygens (including phenoxy) is 6. The minimum atomic E-state index is -0.545. The van der Waals surface area contributed by atoms with E-state index < -0.39 is 6.17 Å². The van der Waals surface area contributed by atoms with Crippen LogP contribution in [0.25, 0.3) is 0 Å². The summed E-state index contributed by atoms with van der Waals surface area (Å²) in [6, 6.07) is 16.8. The fourth-order valence-electron chi connectivity index (χ4n) is 3.40. The van der Waals surface area contributed by atoms with Crippen molar-refractivity contribution in [1.82, 2.24) is 0 Å². The highest BCUT2D eigenvalue weighted by atomic mass is 16.5. The van der Waals surface area contributed by atoms with Crippen molar-refractivity contribution in [2.24, 2.45) is 9.98 Å². The molecule has 0 heterocycles. The third kappa shape index (κ3) is 6.23. The normalized spacial score (nSPS) is 11.2. The SMILES string of the molecule is COc1ccc(/C=N/C(/N=C/c2ccc(OC)c(OC)c2)c2ccc(OC)c(OC)c2)cc1OC. The van der Waals surface area contributed by atoms with Crippen LogP contribution in [0.5, 0.6) is 34.5 Å². The molecular formula is C27H30N2O6. The van der Waals surface area contributed by atoms with E-state index in [4.69, 9.17) is 38.4 Å². The minimum Gasteiger partial charge on any atom is -0.493 e. The Morgan fingerprint density at radius 3 is 1.26 bits per heavy atom. The van der Waals surface area contributed by atoms with Crippen molar-refractivity contribution >= 4 is 12.4 Å². The molecule has 0 saturated heterocycles. The molecule has 184 valence electrons. The maximum Gasteiger partial charge on any atom is 0.165 e. The van der Waals surface area contributed by atoms with Crippen molar-refractivity contribution < 1.29 is 28.4 Å². The standard InChI is InChI=1S/C27H30N2O6/c1-30-21-10-7-18(13-24(21)33-4)16-28-27(20-9-12-23(32-3)26(15-20)35-6)29-17-19-8-11-22(31-2)25(14-19)34-5/h7-17,27H,1-6H3/b28-16+,29-17+. The maximum atomic E-state index is 5.47. The summed E-state index contributed by atoms with van der Waals surface area (Å²) in [5, 5.41) is 0. The highest BCUT2D eigenvalue weighted by Crippen LogP contribution is 2.33. The van der Waals surface area contributed by atoms with Gasteiger partial charge in [0.05, 0.1) is 42.7 Å². The highest BCUT2D eigenvalue weighted by molar-refractivity contribution is 5.83. The van der Waals surface area contributed by atoms with Gasteiger partial charge in [0.15, 0.2) is 40.7 Å². The van der Waals surface area contributed by atoms with E-state index >= 15 is 0 Å². The molecule has 0 amide bonds. The van der Waals surface area contributed by atoms with Crippen molar-refractivity contribution in [3.8, 4) is 34.5 Å². The number of nitrogens with zero attached hydrogens (tertiary/aromatic N) is 2. The van der Waals surface area contributed by atoms with Gasteiger partial charge in [-0.25, -0.2) is 0 Å². The molecule has 0 aliphatic carbocycles. The molecule has 8 nitrogen and oxygen atoms in total. The number of aliphatic imine (C=N–C) groups is 2. The molecule has 0 fully saturated rings. The summed E-state index contributed by atoms with van der Waals surface area (Å²) in [5.41, 5.74) is 2.51. The molecule has 3 aromatic carbocycles. The molecular weight excluding hydrogens is 448 g/mol. The molecule has 0 atom stereocenters. The van der Waals surface area contributed by atoms with Crippen LogP contribution < -0.4 is 28.4 Å². The molecule has 35 heavy (non-hydrogen) atoms. The second-order valence-electron chi connectivity index (χ2n) is 7.27. The number of methoxy groups -OCH3 is 6. The molecule has 0 aromatic heterocycles. The summed E-state index contributed by atoms with van der Waals surface area (Å²) in [6.07, 6.45) is 2.95. The molecule has 3 aromatic rings. The molecule has 0 aliphatic heterocycles. The van der Waals surface area contributed by atoms with Gasteiger partial charge in [0.1, 0.15) is 0 Å². The third-order valence-corrected chi connectivity index (χ3v) is 5.25. The molecule has 0 N–H and O–H groups in total. The predicted octanol–water partition coefficient (Wildman–Crippen LogP) is 4.98. The summed E-state index contributed by atoms with van der Waals surface area (Å²) < 4.78 is 32.3. The first-order valence-corrected chi connectivity index (χ1v) is 10.8. The fraction of sp³-hybridized carbons (Fsp3) is 0.259. The van der Waals surface area contributed by atoms with Crippen LogP contribution in [-0.4, -0.2) is 55.1 Å². The Morgan fingerprint density at radius 1 is 0.486 bits per heavy atom. The van der Waals surface area contributed by atoms with Crippen LogP contribution in [0.2, 0.25) is 0 Å². The van der Waals surface area contributed by atoms with Crippen molar-refractivity contribution in [2.75, 3.05) is 42.7 Å². The zero-order chi connectivity index (χ0) is 25.2. The Hall–Kier alpha value is -4.20. The number of benzene rings is 3. The molecule has 0 saturated carbocycles. The van der Waals surface area contributed by atoms with Gasteiger partial charge in [-0.2, -0.15) is 0 Å². The summed E-state index contributed by atoms with van der Waals surface area (Å²) in [5.74, 6) is 3.75. The van der Waals surface area contributed by atoms with E-state index in [2.05, 4.69) is 0 Å². The number of hydrogen-bond donors (Lipinski definition) is 0. The Kier molecular flexibility index (Phi) is 8.95. The monoisotopic (exact) mass is 478 g/mol. The number of hydrogen-bond acceptors (Lipinski definition) is 8. The molecule has 0 bridgehead atoms. The molecule has 3 rings (SSSR count). The quantitative estimate of drug-likeness (QED) is 0.362. The van der Waals surface area contributed by atoms with Gasteiger partial charge in [0.2, 0.25) is 0 Å². The minimum absolute atomic E-state index is 0.545. The van der Waals surface area contributed by atoms with Crippen molar-refractivity contribution in [2.45, 2.75) is 6.17 Å². The lowest BCUT2D eigenvalue weighted by atomic mass is 10.1. The van der Waals surface area contributed by atoms with Gasteiger partial charge < -0.3 is 28.4 Å². The Balaban J connectivity index is 1.99. The Bertz CT molecular complexity index is 1130. The van der Waals surface area contributed by atoms with Gasteiger partial charge in [0.25, 0.3) is 0 Å². The van der Waals surface area contributed by atoms with E-state index in [1.807, 2.05) is 54.6 Å². The summed E-state index contributed by atoms with van der Waals surface area (Å²) >= 11 is 0. The summed E-state index contributed by atoms with van der Waals surface area (Å²) in [7, 11) is 9.58. The third-order valence-electron chi connectivity index (χ3n) is 5.25. The van der Waals surface area contributed by atoms with E-state index in [-0.39, 0.29) is 0 Å². The fourth-order valence-corrected chi connectivity index (χ4v) is 3.40. The maximum absolute atomic E-state index is 5.47. The summed E-state index contributed by atoms with van der Waals surface area (Å²) in [6.45, 7) is 0. The zero-order valence-electron chi connectivity index (χ0n) is 20.8. The highest BCUT2D eigenvalue weighted by Gasteiger charge is 2.13. The van der Waals surface area contributed by atoms with Crippen LogP contribution in [0.4, 0.5) is 0 Å². The molecule has 0 spiro atoms. The van der Waals surface area contributed by atoms with Crippen LogP contribution in [0.1, 0.15) is 22.9 Å². The average Bonchev–Trinajstić information content (AvgIpc) is 2.92. The van der Waals surface area contributed by atoms with Gasteiger partial charge in [0, 0.05) is 18.0 Å². The van der Waals surface area contributed by atoms with Crippen molar-refractivity contribution in [3.63, 3.8) is 0 Å². The Labute approximate surface area is 205 Å². The van der Waals surface area contributed by atoms with Gasteiger partial charge >= 0.3 is 0 Å². The lowest BCUT2D eigenvalue weighted by Crippen LogP contribution is -1.99. The van der Waals surface area contributed by atoms with Gasteiger partial charge in [-0.15, -0.1) is 0 Å². The topological polar surface area (TPSA) is 80.1 Å². The first-order valence-electron chi connectivity index (χ1n) is 10.8. The van der Waals surface area contributed by atoms with Gasteiger partial charge in [-0.1, -0.05) is 6.07 Å². The second kappa shape index (κ2) is 12.3. The molecule has 0 aliphatic rings. The number of rotatable bonds is 11.